The maximum atomic E-state index is 12.3. The van der Waals surface area contributed by atoms with Crippen molar-refractivity contribution in [3.05, 3.63) is 28.8 Å². The molecule has 1 aromatic carbocycles. The first-order valence-corrected chi connectivity index (χ1v) is 7.43. The zero-order valence-electron chi connectivity index (χ0n) is 10.9. The second-order valence-corrected chi connectivity index (χ2v) is 6.88. The van der Waals surface area contributed by atoms with E-state index in [1.807, 2.05) is 0 Å². The van der Waals surface area contributed by atoms with E-state index in [9.17, 15) is 13.2 Å². The summed E-state index contributed by atoms with van der Waals surface area (Å²) in [5.74, 6) is -1.82. The molecule has 0 amide bonds. The van der Waals surface area contributed by atoms with Crippen LogP contribution in [-0.4, -0.2) is 37.4 Å². The van der Waals surface area contributed by atoms with Crippen LogP contribution in [0.25, 0.3) is 0 Å². The van der Waals surface area contributed by atoms with Crippen molar-refractivity contribution in [1.82, 2.24) is 4.31 Å². The number of halogens is 1. The van der Waals surface area contributed by atoms with E-state index in [-0.39, 0.29) is 11.4 Å². The number of hydrogen-bond acceptors (Lipinski definition) is 3. The number of aryl methyl sites for hydroxylation is 1. The van der Waals surface area contributed by atoms with Crippen molar-refractivity contribution in [3.8, 4) is 0 Å². The van der Waals surface area contributed by atoms with E-state index in [0.29, 0.717) is 10.6 Å². The van der Waals surface area contributed by atoms with Crippen LogP contribution in [0.1, 0.15) is 12.5 Å². The molecule has 7 heteroatoms. The molecule has 0 bridgehead atoms. The SMILES string of the molecule is Cc1ccc(Cl)cc1S(=O)(=O)N(C)CC(C)C(=O)O. The number of rotatable bonds is 5. The van der Waals surface area contributed by atoms with Crippen LogP contribution in [0.4, 0.5) is 0 Å². The molecule has 19 heavy (non-hydrogen) atoms. The zero-order valence-corrected chi connectivity index (χ0v) is 12.5. The third-order valence-electron chi connectivity index (χ3n) is 2.79. The average Bonchev–Trinajstić information content (AvgIpc) is 2.31. The van der Waals surface area contributed by atoms with Gasteiger partial charge in [0.25, 0.3) is 0 Å². The Balaban J connectivity index is 3.10. The van der Waals surface area contributed by atoms with E-state index >= 15 is 0 Å². The van der Waals surface area contributed by atoms with Gasteiger partial charge in [0.05, 0.1) is 10.8 Å². The van der Waals surface area contributed by atoms with Gasteiger partial charge < -0.3 is 5.11 Å². The molecule has 106 valence electrons. The molecule has 1 unspecified atom stereocenters. The lowest BCUT2D eigenvalue weighted by atomic mass is 10.2. The standard InChI is InChI=1S/C12H16ClNO4S/c1-8-4-5-10(13)6-11(8)19(17,18)14(3)7-9(2)12(15)16/h4-6,9H,7H2,1-3H3,(H,15,16). The van der Waals surface area contributed by atoms with E-state index in [1.165, 1.54) is 20.0 Å². The van der Waals surface area contributed by atoms with Crippen LogP contribution in [0.5, 0.6) is 0 Å². The number of benzene rings is 1. The van der Waals surface area contributed by atoms with Gasteiger partial charge in [0.1, 0.15) is 0 Å². The van der Waals surface area contributed by atoms with Gasteiger partial charge in [-0.15, -0.1) is 0 Å². The minimum absolute atomic E-state index is 0.0936. The van der Waals surface area contributed by atoms with Crippen molar-refractivity contribution in [2.24, 2.45) is 5.92 Å². The molecule has 0 spiro atoms. The monoisotopic (exact) mass is 305 g/mol. The second kappa shape index (κ2) is 5.90. The third-order valence-corrected chi connectivity index (χ3v) is 4.99. The van der Waals surface area contributed by atoms with E-state index in [4.69, 9.17) is 16.7 Å². The molecule has 5 nitrogen and oxygen atoms in total. The Bertz CT molecular complexity index is 585. The van der Waals surface area contributed by atoms with Gasteiger partial charge in [0.15, 0.2) is 0 Å². The second-order valence-electron chi connectivity index (χ2n) is 4.43. The molecule has 0 aliphatic heterocycles. The highest BCUT2D eigenvalue weighted by atomic mass is 35.5. The van der Waals surface area contributed by atoms with E-state index in [1.54, 1.807) is 19.1 Å². The van der Waals surface area contributed by atoms with Crippen molar-refractivity contribution in [2.45, 2.75) is 18.7 Å². The Labute approximate surface area is 117 Å². The number of carboxylic acid groups (broad SMARTS) is 1. The molecule has 0 saturated heterocycles. The maximum Gasteiger partial charge on any atom is 0.307 e. The summed E-state index contributed by atoms with van der Waals surface area (Å²) >= 11 is 5.81. The summed E-state index contributed by atoms with van der Waals surface area (Å²) in [6, 6.07) is 4.59. The quantitative estimate of drug-likeness (QED) is 0.902. The van der Waals surface area contributed by atoms with Crippen LogP contribution in [0.2, 0.25) is 5.02 Å². The van der Waals surface area contributed by atoms with Crippen molar-refractivity contribution in [2.75, 3.05) is 13.6 Å². The predicted molar refractivity (Wildman–Crippen MR) is 72.8 cm³/mol. The van der Waals surface area contributed by atoms with Gasteiger partial charge >= 0.3 is 5.97 Å². The number of sulfonamides is 1. The van der Waals surface area contributed by atoms with Gasteiger partial charge in [-0.3, -0.25) is 4.79 Å². The first-order chi connectivity index (χ1) is 8.66. The Kier molecular flexibility index (Phi) is 4.95. The molecule has 0 heterocycles. The summed E-state index contributed by atoms with van der Waals surface area (Å²) in [6.45, 7) is 3.03. The highest BCUT2D eigenvalue weighted by Crippen LogP contribution is 2.23. The van der Waals surface area contributed by atoms with Gasteiger partial charge in [-0.2, -0.15) is 0 Å². The largest absolute Gasteiger partial charge is 0.481 e. The highest BCUT2D eigenvalue weighted by molar-refractivity contribution is 7.89. The Morgan fingerprint density at radius 3 is 2.58 bits per heavy atom. The fraction of sp³-hybridized carbons (Fsp3) is 0.417. The molecule has 0 radical (unpaired) electrons. The lowest BCUT2D eigenvalue weighted by molar-refractivity contribution is -0.141. The van der Waals surface area contributed by atoms with Gasteiger partial charge in [-0.1, -0.05) is 24.6 Å². The van der Waals surface area contributed by atoms with Crippen LogP contribution in [0.3, 0.4) is 0 Å². The summed E-state index contributed by atoms with van der Waals surface area (Å²) in [6.07, 6.45) is 0. The minimum atomic E-state index is -3.74. The molecule has 0 fully saturated rings. The maximum absolute atomic E-state index is 12.3. The molecule has 1 aromatic rings. The summed E-state index contributed by atoms with van der Waals surface area (Å²) in [5.41, 5.74) is 0.569. The number of aliphatic carboxylic acids is 1. The lowest BCUT2D eigenvalue weighted by Gasteiger charge is -2.20. The highest BCUT2D eigenvalue weighted by Gasteiger charge is 2.26. The summed E-state index contributed by atoms with van der Waals surface area (Å²) < 4.78 is 25.7. The fourth-order valence-corrected chi connectivity index (χ4v) is 3.32. The lowest BCUT2D eigenvalue weighted by Crippen LogP contribution is -2.34. The minimum Gasteiger partial charge on any atom is -0.481 e. The Morgan fingerprint density at radius 2 is 2.05 bits per heavy atom. The van der Waals surface area contributed by atoms with Crippen molar-refractivity contribution < 1.29 is 18.3 Å². The van der Waals surface area contributed by atoms with Gasteiger partial charge in [0, 0.05) is 18.6 Å². The smallest absolute Gasteiger partial charge is 0.307 e. The molecule has 1 N–H and O–H groups in total. The van der Waals surface area contributed by atoms with Crippen LogP contribution in [0, 0.1) is 12.8 Å². The molecule has 1 atom stereocenters. The van der Waals surface area contributed by atoms with Crippen LogP contribution >= 0.6 is 11.6 Å². The van der Waals surface area contributed by atoms with Gasteiger partial charge in [0.2, 0.25) is 10.0 Å². The third kappa shape index (κ3) is 3.68. The molecule has 1 rings (SSSR count). The van der Waals surface area contributed by atoms with Crippen LogP contribution < -0.4 is 0 Å². The van der Waals surface area contributed by atoms with E-state index < -0.39 is 21.9 Å². The van der Waals surface area contributed by atoms with Gasteiger partial charge in [-0.05, 0) is 24.6 Å². The molecule has 0 aromatic heterocycles. The van der Waals surface area contributed by atoms with E-state index in [2.05, 4.69) is 0 Å². The summed E-state index contributed by atoms with van der Waals surface area (Å²) in [4.78, 5) is 10.9. The van der Waals surface area contributed by atoms with Crippen molar-refractivity contribution in [1.29, 1.82) is 0 Å². The summed E-state index contributed by atoms with van der Waals surface area (Å²) in [5, 5.41) is 9.15. The van der Waals surface area contributed by atoms with Crippen LogP contribution in [-0.2, 0) is 14.8 Å². The molecule has 0 aliphatic rings. The topological polar surface area (TPSA) is 74.7 Å². The summed E-state index contributed by atoms with van der Waals surface area (Å²) in [7, 11) is -2.38. The van der Waals surface area contributed by atoms with Crippen LogP contribution in [0.15, 0.2) is 23.1 Å². The van der Waals surface area contributed by atoms with Crippen molar-refractivity contribution >= 4 is 27.6 Å². The van der Waals surface area contributed by atoms with E-state index in [0.717, 1.165) is 4.31 Å². The number of hydrogen-bond donors (Lipinski definition) is 1. The predicted octanol–water partition coefficient (Wildman–Crippen LogP) is 1.99. The van der Waals surface area contributed by atoms with Gasteiger partial charge in [-0.25, -0.2) is 12.7 Å². The molecule has 0 saturated carbocycles. The van der Waals surface area contributed by atoms with Crippen molar-refractivity contribution in [3.63, 3.8) is 0 Å². The number of carboxylic acids is 1. The average molecular weight is 306 g/mol. The number of nitrogens with zero attached hydrogens (tertiary/aromatic N) is 1. The molecular formula is C12H16ClNO4S. The Hall–Kier alpha value is -1.11. The number of carbonyl (C=O) groups is 1. The molecule has 0 aliphatic carbocycles. The first kappa shape index (κ1) is 15.9. The first-order valence-electron chi connectivity index (χ1n) is 5.61. The zero-order chi connectivity index (χ0) is 14.8. The Morgan fingerprint density at radius 1 is 1.47 bits per heavy atom. The normalized spacial score (nSPS) is 13.5. The molecular weight excluding hydrogens is 290 g/mol. The fourth-order valence-electron chi connectivity index (χ4n) is 1.58.